The molecule has 2 aromatic rings. The lowest BCUT2D eigenvalue weighted by atomic mass is 10.1. The van der Waals surface area contributed by atoms with Gasteiger partial charge in [0.1, 0.15) is 0 Å². The van der Waals surface area contributed by atoms with Crippen molar-refractivity contribution in [3.8, 4) is 0 Å². The molecule has 0 bridgehead atoms. The van der Waals surface area contributed by atoms with Gasteiger partial charge in [0.25, 0.3) is 5.91 Å². The fraction of sp³-hybridized carbons (Fsp3) is 0.176. The number of hydrogen-bond acceptors (Lipinski definition) is 2. The maximum absolute atomic E-state index is 13.0. The van der Waals surface area contributed by atoms with Crippen molar-refractivity contribution in [2.24, 2.45) is 5.73 Å². The number of carbonyl (C=O) groups is 2. The van der Waals surface area contributed by atoms with Crippen molar-refractivity contribution in [2.75, 3.05) is 6.54 Å². The third-order valence-corrected chi connectivity index (χ3v) is 3.69. The van der Waals surface area contributed by atoms with Gasteiger partial charge in [0.2, 0.25) is 5.91 Å². The number of rotatable bonds is 5. The number of nitrogens with zero attached hydrogens (tertiary/aromatic N) is 1. The van der Waals surface area contributed by atoms with Crippen LogP contribution in [0.2, 0.25) is 5.02 Å². The second-order valence-electron chi connectivity index (χ2n) is 5.31. The molecule has 0 radical (unpaired) electrons. The van der Waals surface area contributed by atoms with Gasteiger partial charge in [0.15, 0.2) is 0 Å². The van der Waals surface area contributed by atoms with Gasteiger partial charge in [-0.15, -0.1) is 0 Å². The van der Waals surface area contributed by atoms with Crippen LogP contribution >= 0.6 is 11.6 Å². The predicted octanol–water partition coefficient (Wildman–Crippen LogP) is 3.49. The summed E-state index contributed by atoms with van der Waals surface area (Å²) >= 11 is 5.59. The molecule has 2 amide bonds. The van der Waals surface area contributed by atoms with Gasteiger partial charge in [-0.25, -0.2) is 0 Å². The molecule has 0 aromatic heterocycles. The number of carbonyl (C=O) groups excluding carboxylic acids is 2. The number of benzene rings is 2. The van der Waals surface area contributed by atoms with E-state index in [9.17, 15) is 22.8 Å². The van der Waals surface area contributed by atoms with E-state index in [2.05, 4.69) is 0 Å². The maximum atomic E-state index is 13.0. The Kier molecular flexibility index (Phi) is 5.69. The van der Waals surface area contributed by atoms with Gasteiger partial charge in [-0.3, -0.25) is 9.59 Å². The average molecular weight is 371 g/mol. The molecule has 0 heterocycles. The zero-order valence-corrected chi connectivity index (χ0v) is 13.6. The van der Waals surface area contributed by atoms with Crippen molar-refractivity contribution in [1.82, 2.24) is 4.90 Å². The van der Waals surface area contributed by atoms with Gasteiger partial charge in [-0.05, 0) is 29.8 Å². The van der Waals surface area contributed by atoms with E-state index >= 15 is 0 Å². The Morgan fingerprint density at radius 1 is 1.08 bits per heavy atom. The van der Waals surface area contributed by atoms with Crippen LogP contribution in [0.3, 0.4) is 0 Å². The van der Waals surface area contributed by atoms with Crippen LogP contribution in [-0.4, -0.2) is 23.3 Å². The van der Waals surface area contributed by atoms with Crippen molar-refractivity contribution in [3.63, 3.8) is 0 Å². The van der Waals surface area contributed by atoms with E-state index in [4.69, 9.17) is 17.3 Å². The Morgan fingerprint density at radius 3 is 2.28 bits per heavy atom. The first-order chi connectivity index (χ1) is 11.7. The summed E-state index contributed by atoms with van der Waals surface area (Å²) in [5.41, 5.74) is 4.63. The van der Waals surface area contributed by atoms with Crippen LogP contribution in [0.15, 0.2) is 48.5 Å². The summed E-state index contributed by atoms with van der Waals surface area (Å²) in [5, 5.41) is -0.438. The van der Waals surface area contributed by atoms with Gasteiger partial charge in [-0.1, -0.05) is 35.9 Å². The largest absolute Gasteiger partial charge is 0.417 e. The minimum Gasteiger partial charge on any atom is -0.368 e. The minimum atomic E-state index is -4.62. The second-order valence-corrected chi connectivity index (χ2v) is 5.71. The first-order valence-electron chi connectivity index (χ1n) is 7.16. The zero-order chi connectivity index (χ0) is 18.6. The fourth-order valence-electron chi connectivity index (χ4n) is 2.26. The molecule has 132 valence electrons. The summed E-state index contributed by atoms with van der Waals surface area (Å²) in [5.74, 6) is -1.28. The predicted molar refractivity (Wildman–Crippen MR) is 86.8 cm³/mol. The Labute approximate surface area is 147 Å². The van der Waals surface area contributed by atoms with Gasteiger partial charge in [0, 0.05) is 12.1 Å². The number of primary amides is 1. The van der Waals surface area contributed by atoms with Gasteiger partial charge >= 0.3 is 6.18 Å². The highest BCUT2D eigenvalue weighted by atomic mass is 35.5. The lowest BCUT2D eigenvalue weighted by Crippen LogP contribution is -2.38. The smallest absolute Gasteiger partial charge is 0.368 e. The highest BCUT2D eigenvalue weighted by Gasteiger charge is 2.33. The lowest BCUT2D eigenvalue weighted by Gasteiger charge is -2.22. The molecule has 0 saturated carbocycles. The molecule has 2 N–H and O–H groups in total. The van der Waals surface area contributed by atoms with Crippen LogP contribution in [-0.2, 0) is 17.5 Å². The topological polar surface area (TPSA) is 63.4 Å². The molecule has 0 aliphatic rings. The second kappa shape index (κ2) is 7.57. The first kappa shape index (κ1) is 18.8. The highest BCUT2D eigenvalue weighted by molar-refractivity contribution is 6.31. The Hall–Kier alpha value is -2.54. The molecule has 0 unspecified atom stereocenters. The molecule has 25 heavy (non-hydrogen) atoms. The molecule has 0 aliphatic heterocycles. The SMILES string of the molecule is NC(=O)CN(Cc1ccc(Cl)c(C(F)(F)F)c1)C(=O)c1ccccc1. The van der Waals surface area contributed by atoms with Gasteiger partial charge in [0.05, 0.1) is 17.1 Å². The summed E-state index contributed by atoms with van der Waals surface area (Å²) in [6, 6.07) is 11.4. The van der Waals surface area contributed by atoms with Crippen molar-refractivity contribution < 1.29 is 22.8 Å². The molecular formula is C17H14ClF3N2O2. The van der Waals surface area contributed by atoms with Crippen molar-refractivity contribution in [2.45, 2.75) is 12.7 Å². The fourth-order valence-corrected chi connectivity index (χ4v) is 2.48. The molecule has 0 saturated heterocycles. The van der Waals surface area contributed by atoms with Crippen LogP contribution in [0, 0.1) is 0 Å². The third kappa shape index (κ3) is 4.96. The number of halogens is 4. The summed E-state index contributed by atoms with van der Waals surface area (Å²) in [6.07, 6.45) is -4.62. The van der Waals surface area contributed by atoms with E-state index in [1.165, 1.54) is 6.07 Å². The van der Waals surface area contributed by atoms with Crippen LogP contribution in [0.25, 0.3) is 0 Å². The van der Waals surface area contributed by atoms with Gasteiger partial charge < -0.3 is 10.6 Å². The molecule has 4 nitrogen and oxygen atoms in total. The molecular weight excluding hydrogens is 357 g/mol. The van der Waals surface area contributed by atoms with Crippen LogP contribution in [0.5, 0.6) is 0 Å². The Balaban J connectivity index is 2.32. The molecule has 0 fully saturated rings. The molecule has 0 aliphatic carbocycles. The minimum absolute atomic E-state index is 0.183. The highest BCUT2D eigenvalue weighted by Crippen LogP contribution is 2.35. The van der Waals surface area contributed by atoms with Crippen molar-refractivity contribution >= 4 is 23.4 Å². The van der Waals surface area contributed by atoms with Crippen LogP contribution in [0.1, 0.15) is 21.5 Å². The van der Waals surface area contributed by atoms with E-state index in [1.807, 2.05) is 0 Å². The number of hydrogen-bond donors (Lipinski definition) is 1. The molecule has 0 spiro atoms. The van der Waals surface area contributed by atoms with E-state index in [1.54, 1.807) is 30.3 Å². The Bertz CT molecular complexity index is 779. The van der Waals surface area contributed by atoms with E-state index in [0.717, 1.165) is 17.0 Å². The number of amides is 2. The van der Waals surface area contributed by atoms with Crippen molar-refractivity contribution in [1.29, 1.82) is 0 Å². The lowest BCUT2D eigenvalue weighted by molar-refractivity contribution is -0.137. The normalized spacial score (nSPS) is 11.2. The van der Waals surface area contributed by atoms with Gasteiger partial charge in [-0.2, -0.15) is 13.2 Å². The average Bonchev–Trinajstić information content (AvgIpc) is 2.54. The summed E-state index contributed by atoms with van der Waals surface area (Å²) in [6.45, 7) is -0.630. The summed E-state index contributed by atoms with van der Waals surface area (Å²) in [7, 11) is 0. The van der Waals surface area contributed by atoms with Crippen LogP contribution < -0.4 is 5.73 Å². The molecule has 0 atom stereocenters. The van der Waals surface area contributed by atoms with Crippen LogP contribution in [0.4, 0.5) is 13.2 Å². The van der Waals surface area contributed by atoms with E-state index in [0.29, 0.717) is 5.56 Å². The van der Waals surface area contributed by atoms with Crippen molar-refractivity contribution in [3.05, 3.63) is 70.2 Å². The van der Waals surface area contributed by atoms with E-state index in [-0.39, 0.29) is 12.1 Å². The standard InChI is InChI=1S/C17H14ClF3N2O2/c18-14-7-6-11(8-13(14)17(19,20)21)9-23(10-15(22)24)16(25)12-4-2-1-3-5-12/h1-8H,9-10H2,(H2,22,24). The molecule has 2 rings (SSSR count). The monoisotopic (exact) mass is 370 g/mol. The van der Waals surface area contributed by atoms with E-state index < -0.39 is 35.1 Å². The number of alkyl halides is 3. The first-order valence-corrected chi connectivity index (χ1v) is 7.54. The Morgan fingerprint density at radius 2 is 1.72 bits per heavy atom. The number of nitrogens with two attached hydrogens (primary N) is 1. The third-order valence-electron chi connectivity index (χ3n) is 3.36. The summed E-state index contributed by atoms with van der Waals surface area (Å²) < 4.78 is 38.9. The summed E-state index contributed by atoms with van der Waals surface area (Å²) in [4.78, 5) is 24.8. The maximum Gasteiger partial charge on any atom is 0.417 e. The quantitative estimate of drug-likeness (QED) is 0.875. The molecule has 2 aromatic carbocycles. The zero-order valence-electron chi connectivity index (χ0n) is 12.9. The molecule has 8 heteroatoms.